The van der Waals surface area contributed by atoms with E-state index in [-0.39, 0.29) is 7.43 Å². The Bertz CT molecular complexity index is 651. The monoisotopic (exact) mass is 497 g/mol. The first-order valence-electron chi connectivity index (χ1n) is 7.70. The zero-order valence-electron chi connectivity index (χ0n) is 17.0. The molecule has 0 radical (unpaired) electrons. The molecule has 0 atom stereocenters. The van der Waals surface area contributed by atoms with Crippen molar-refractivity contribution >= 4 is 35.0 Å². The zero-order chi connectivity index (χ0) is 19.9. The minimum absolute atomic E-state index is 0. The minimum Gasteiger partial charge on any atom is -0.378 e. The molecule has 27 heavy (non-hydrogen) atoms. The molecule has 2 rings (SSSR count). The van der Waals surface area contributed by atoms with E-state index < -0.39 is 13.5 Å². The molecular formula is C20H29Cl2N4Ru-. The van der Waals surface area contributed by atoms with Gasteiger partial charge in [-0.05, 0) is 24.3 Å². The van der Waals surface area contributed by atoms with Crippen LogP contribution in [0.2, 0.25) is 0 Å². The number of aromatic nitrogens is 2. The summed E-state index contributed by atoms with van der Waals surface area (Å²) in [5.74, 6) is 0. The van der Waals surface area contributed by atoms with E-state index in [1.807, 2.05) is 76.1 Å². The van der Waals surface area contributed by atoms with Crippen LogP contribution in [0.4, 0.5) is 11.4 Å². The van der Waals surface area contributed by atoms with Gasteiger partial charge in [-0.2, -0.15) is 0 Å². The third kappa shape index (κ3) is 16.4. The van der Waals surface area contributed by atoms with Crippen molar-refractivity contribution in [3.63, 3.8) is 0 Å². The molecule has 0 bridgehead atoms. The molecule has 0 unspecified atom stereocenters. The molecule has 152 valence electrons. The van der Waals surface area contributed by atoms with Crippen molar-refractivity contribution in [2.45, 2.75) is 13.8 Å². The number of hydrogen-bond donors (Lipinski definition) is 0. The average molecular weight is 497 g/mol. The largest absolute Gasteiger partial charge is 0.378 e. The van der Waals surface area contributed by atoms with E-state index >= 15 is 0 Å². The summed E-state index contributed by atoms with van der Waals surface area (Å²) in [6.45, 7) is 3.86. The smallest absolute Gasteiger partial charge is 0.0391 e. The van der Waals surface area contributed by atoms with Crippen molar-refractivity contribution < 1.29 is 13.5 Å². The summed E-state index contributed by atoms with van der Waals surface area (Å²) < 4.78 is 2.73. The van der Waals surface area contributed by atoms with E-state index in [0.29, 0.717) is 0 Å². The quantitative estimate of drug-likeness (QED) is 0.325. The standard InChI is InChI=1S/2C7H10N2.C5H6.CH3.2ClH.Ru/c2*1-9(2)7-3-5-8-6-4-7;1-4-5(2)3;;;;/h2*3-6H,1-2H3;2-3H3;1H3;2*1H;/q;;;-1;;;+2/p-2. The summed E-state index contributed by atoms with van der Waals surface area (Å²) >= 11 is -1.70. The Morgan fingerprint density at radius 3 is 1.30 bits per heavy atom. The van der Waals surface area contributed by atoms with Crippen LogP contribution in [0.15, 0.2) is 60.4 Å². The number of anilines is 2. The number of nitrogens with zero attached hydrogens (tertiary/aromatic N) is 4. The van der Waals surface area contributed by atoms with Crippen molar-refractivity contribution in [2.75, 3.05) is 38.0 Å². The van der Waals surface area contributed by atoms with Crippen LogP contribution in [0.25, 0.3) is 0 Å². The molecule has 0 fully saturated rings. The topological polar surface area (TPSA) is 32.3 Å². The second kappa shape index (κ2) is 16.7. The molecule has 0 aliphatic rings. The van der Waals surface area contributed by atoms with Gasteiger partial charge in [0.2, 0.25) is 0 Å². The molecule has 0 amide bonds. The van der Waals surface area contributed by atoms with Gasteiger partial charge in [0.05, 0.1) is 0 Å². The van der Waals surface area contributed by atoms with Crippen molar-refractivity contribution in [2.24, 2.45) is 0 Å². The van der Waals surface area contributed by atoms with Crippen molar-refractivity contribution in [1.82, 2.24) is 9.97 Å². The molecule has 2 aromatic rings. The third-order valence-corrected chi connectivity index (χ3v) is 4.06. The van der Waals surface area contributed by atoms with Crippen LogP contribution >= 0.6 is 19.4 Å². The first kappa shape index (κ1) is 27.7. The van der Waals surface area contributed by atoms with Crippen LogP contribution in [0.5, 0.6) is 0 Å². The number of hydrogen-bond acceptors (Lipinski definition) is 4. The van der Waals surface area contributed by atoms with E-state index in [4.69, 9.17) is 19.4 Å². The molecule has 0 aromatic carbocycles. The predicted molar refractivity (Wildman–Crippen MR) is 119 cm³/mol. The van der Waals surface area contributed by atoms with Crippen LogP contribution < -0.4 is 9.80 Å². The maximum atomic E-state index is 5.44. The first-order chi connectivity index (χ1) is 12.2. The van der Waals surface area contributed by atoms with E-state index in [1.165, 1.54) is 11.4 Å². The average Bonchev–Trinajstić information content (AvgIpc) is 2.62. The molecule has 4 nitrogen and oxygen atoms in total. The van der Waals surface area contributed by atoms with Gasteiger partial charge in [0.15, 0.2) is 0 Å². The third-order valence-electron chi connectivity index (χ3n) is 2.72. The summed E-state index contributed by atoms with van der Waals surface area (Å²) in [6.07, 6.45) is 7.15. The van der Waals surface area contributed by atoms with E-state index in [2.05, 4.69) is 20.0 Å². The second-order valence-electron chi connectivity index (χ2n) is 5.60. The van der Waals surface area contributed by atoms with E-state index in [1.54, 1.807) is 24.8 Å². The van der Waals surface area contributed by atoms with Gasteiger partial charge in [-0.1, -0.05) is 0 Å². The second-order valence-corrected chi connectivity index (χ2v) is 10.9. The molecule has 0 spiro atoms. The molecular weight excluding hydrogens is 468 g/mol. The first-order valence-corrected chi connectivity index (χ1v) is 13.0. The molecule has 0 N–H and O–H groups in total. The van der Waals surface area contributed by atoms with E-state index in [9.17, 15) is 0 Å². The number of halogens is 2. The van der Waals surface area contributed by atoms with Gasteiger partial charge in [0.25, 0.3) is 0 Å². The Morgan fingerprint density at radius 2 is 1.15 bits per heavy atom. The summed E-state index contributed by atoms with van der Waals surface area (Å²) in [5.41, 5.74) is 6.24. The normalized spacial score (nSPS) is 8.81. The predicted octanol–water partition coefficient (Wildman–Crippen LogP) is 5.18. The molecule has 0 aliphatic carbocycles. The van der Waals surface area contributed by atoms with Gasteiger partial charge in [0.1, 0.15) is 0 Å². The number of rotatable bonds is 2. The maximum Gasteiger partial charge on any atom is 0.0391 e. The maximum absolute atomic E-state index is 5.44. The van der Waals surface area contributed by atoms with Crippen molar-refractivity contribution in [1.29, 1.82) is 0 Å². The van der Waals surface area contributed by atoms with Crippen LogP contribution in [0.1, 0.15) is 13.8 Å². The van der Waals surface area contributed by atoms with Crippen LogP contribution in [-0.4, -0.2) is 42.4 Å². The summed E-state index contributed by atoms with van der Waals surface area (Å²) in [4.78, 5) is 11.9. The van der Waals surface area contributed by atoms with Crippen LogP contribution in [0.3, 0.4) is 0 Å². The molecule has 0 saturated carbocycles. The Kier molecular flexibility index (Phi) is 17.2. The zero-order valence-corrected chi connectivity index (χ0v) is 20.3. The molecule has 0 aliphatic heterocycles. The Balaban J connectivity index is 0. The van der Waals surface area contributed by atoms with Gasteiger partial charge in [-0.25, -0.2) is 0 Å². The van der Waals surface area contributed by atoms with Gasteiger partial charge in [-0.3, -0.25) is 9.97 Å². The van der Waals surface area contributed by atoms with Crippen LogP contribution in [-0.2, 0) is 13.5 Å². The Labute approximate surface area is 177 Å². The fourth-order valence-electron chi connectivity index (χ4n) is 1.41. The van der Waals surface area contributed by atoms with Gasteiger partial charge in [0, 0.05) is 64.4 Å². The SMILES string of the molecule is CC(C)=C=[C]=[Ru]([Cl])[Cl].CN(C)c1ccncc1.CN(C)c1ccncc1.[CH3-]. The van der Waals surface area contributed by atoms with E-state index in [0.717, 1.165) is 5.57 Å². The fraction of sp³-hybridized carbons (Fsp3) is 0.300. The van der Waals surface area contributed by atoms with Crippen molar-refractivity contribution in [3.05, 3.63) is 67.8 Å². The summed E-state index contributed by atoms with van der Waals surface area (Å²) in [7, 11) is 18.9. The van der Waals surface area contributed by atoms with Crippen LogP contribution in [0, 0.1) is 7.43 Å². The summed E-state index contributed by atoms with van der Waals surface area (Å²) in [6, 6.07) is 7.89. The number of allylic oxidation sites excluding steroid dienone is 1. The summed E-state index contributed by atoms with van der Waals surface area (Å²) in [5, 5.41) is 0. The minimum atomic E-state index is -1.70. The fourth-order valence-corrected chi connectivity index (χ4v) is 2.40. The van der Waals surface area contributed by atoms with Crippen molar-refractivity contribution in [3.8, 4) is 0 Å². The molecule has 0 saturated heterocycles. The van der Waals surface area contributed by atoms with Gasteiger partial charge >= 0.3 is 62.3 Å². The Morgan fingerprint density at radius 1 is 0.815 bits per heavy atom. The van der Waals surface area contributed by atoms with Gasteiger partial charge < -0.3 is 17.2 Å². The molecule has 7 heteroatoms. The van der Waals surface area contributed by atoms with Gasteiger partial charge in [-0.15, -0.1) is 0 Å². The number of pyridine rings is 2. The molecule has 2 aromatic heterocycles. The molecule has 2 heterocycles. The Hall–Kier alpha value is -1.47.